The quantitative estimate of drug-likeness (QED) is 0.942. The number of hydrogen-bond acceptors (Lipinski definition) is 3. The summed E-state index contributed by atoms with van der Waals surface area (Å²) in [7, 11) is 0. The van der Waals surface area contributed by atoms with E-state index in [1.54, 1.807) is 11.3 Å². The van der Waals surface area contributed by atoms with Crippen molar-refractivity contribution >= 4 is 34.5 Å². The standard InChI is InChI=1S/C15H15ClN2OS/c16-12-1-3-13(4-2-12)17-9-15(19)18-7-5-14-11(10-18)6-8-20-14/h1-4,6,8,17H,5,7,9-10H2. The molecular formula is C15H15ClN2OS. The Kier molecular flexibility index (Phi) is 3.94. The van der Waals surface area contributed by atoms with Crippen LogP contribution in [0.1, 0.15) is 10.4 Å². The van der Waals surface area contributed by atoms with Crippen molar-refractivity contribution in [1.82, 2.24) is 4.90 Å². The Hall–Kier alpha value is -1.52. The highest BCUT2D eigenvalue weighted by Crippen LogP contribution is 2.24. The van der Waals surface area contributed by atoms with E-state index >= 15 is 0 Å². The van der Waals surface area contributed by atoms with Crippen molar-refractivity contribution in [3.63, 3.8) is 0 Å². The molecule has 3 rings (SSSR count). The van der Waals surface area contributed by atoms with Crippen molar-refractivity contribution in [3.8, 4) is 0 Å². The molecule has 0 spiro atoms. The normalized spacial score (nSPS) is 13.9. The minimum Gasteiger partial charge on any atom is -0.376 e. The predicted molar refractivity (Wildman–Crippen MR) is 83.4 cm³/mol. The second-order valence-corrected chi connectivity index (χ2v) is 6.23. The second-order valence-electron chi connectivity index (χ2n) is 4.79. The summed E-state index contributed by atoms with van der Waals surface area (Å²) in [5, 5.41) is 5.94. The Bertz CT molecular complexity index is 609. The summed E-state index contributed by atoms with van der Waals surface area (Å²) in [5.74, 6) is 0.136. The van der Waals surface area contributed by atoms with Crippen LogP contribution in [0, 0.1) is 0 Å². The molecule has 5 heteroatoms. The van der Waals surface area contributed by atoms with Crippen LogP contribution in [-0.4, -0.2) is 23.9 Å². The molecule has 20 heavy (non-hydrogen) atoms. The fraction of sp³-hybridized carbons (Fsp3) is 0.267. The summed E-state index contributed by atoms with van der Waals surface area (Å²) < 4.78 is 0. The molecule has 1 aliphatic heterocycles. The maximum absolute atomic E-state index is 12.2. The monoisotopic (exact) mass is 306 g/mol. The molecule has 1 aromatic heterocycles. The largest absolute Gasteiger partial charge is 0.376 e. The first kappa shape index (κ1) is 13.5. The summed E-state index contributed by atoms with van der Waals surface area (Å²) in [6.45, 7) is 1.87. The first-order valence-corrected chi connectivity index (χ1v) is 7.80. The van der Waals surface area contributed by atoms with Gasteiger partial charge in [-0.25, -0.2) is 0 Å². The number of anilines is 1. The Labute approximate surface area is 127 Å². The molecule has 1 N–H and O–H groups in total. The number of thiophene rings is 1. The molecule has 0 aliphatic carbocycles. The summed E-state index contributed by atoms with van der Waals surface area (Å²) in [6, 6.07) is 9.50. The zero-order chi connectivity index (χ0) is 13.9. The lowest BCUT2D eigenvalue weighted by Crippen LogP contribution is -2.38. The van der Waals surface area contributed by atoms with Gasteiger partial charge in [-0.1, -0.05) is 11.6 Å². The van der Waals surface area contributed by atoms with Gasteiger partial charge >= 0.3 is 0 Å². The minimum absolute atomic E-state index is 0.136. The van der Waals surface area contributed by atoms with Gasteiger partial charge in [0.15, 0.2) is 0 Å². The zero-order valence-electron chi connectivity index (χ0n) is 10.9. The Balaban J connectivity index is 1.56. The van der Waals surface area contributed by atoms with Crippen molar-refractivity contribution in [2.24, 2.45) is 0 Å². The Morgan fingerprint density at radius 3 is 2.90 bits per heavy atom. The third kappa shape index (κ3) is 2.97. The van der Waals surface area contributed by atoms with Crippen LogP contribution in [0.3, 0.4) is 0 Å². The van der Waals surface area contributed by atoms with Crippen LogP contribution in [0.15, 0.2) is 35.7 Å². The van der Waals surface area contributed by atoms with E-state index in [4.69, 9.17) is 11.6 Å². The fourth-order valence-electron chi connectivity index (χ4n) is 2.32. The van der Waals surface area contributed by atoms with Gasteiger partial charge in [0.1, 0.15) is 0 Å². The second kappa shape index (κ2) is 5.85. The van der Waals surface area contributed by atoms with E-state index in [0.29, 0.717) is 11.6 Å². The molecule has 1 amide bonds. The number of carbonyl (C=O) groups is 1. The molecule has 0 saturated heterocycles. The molecule has 0 bridgehead atoms. The van der Waals surface area contributed by atoms with Crippen molar-refractivity contribution in [2.75, 3.05) is 18.4 Å². The van der Waals surface area contributed by atoms with Crippen LogP contribution in [0.4, 0.5) is 5.69 Å². The fourth-order valence-corrected chi connectivity index (χ4v) is 3.33. The molecule has 104 valence electrons. The van der Waals surface area contributed by atoms with E-state index in [0.717, 1.165) is 25.2 Å². The van der Waals surface area contributed by atoms with E-state index in [1.165, 1.54) is 10.4 Å². The smallest absolute Gasteiger partial charge is 0.242 e. The first-order chi connectivity index (χ1) is 9.72. The summed E-state index contributed by atoms with van der Waals surface area (Å²) >= 11 is 7.62. The topological polar surface area (TPSA) is 32.3 Å². The number of carbonyl (C=O) groups excluding carboxylic acids is 1. The van der Waals surface area contributed by atoms with E-state index in [9.17, 15) is 4.79 Å². The van der Waals surface area contributed by atoms with Crippen molar-refractivity contribution in [1.29, 1.82) is 0 Å². The lowest BCUT2D eigenvalue weighted by Gasteiger charge is -2.27. The molecule has 2 heterocycles. The molecule has 0 fully saturated rings. The highest BCUT2D eigenvalue weighted by molar-refractivity contribution is 7.10. The Morgan fingerprint density at radius 2 is 2.10 bits per heavy atom. The third-order valence-corrected chi connectivity index (χ3v) is 4.72. The number of hydrogen-bond donors (Lipinski definition) is 1. The van der Waals surface area contributed by atoms with Gasteiger partial charge in [-0.05, 0) is 47.7 Å². The van der Waals surface area contributed by atoms with Gasteiger partial charge in [0.25, 0.3) is 0 Å². The lowest BCUT2D eigenvalue weighted by atomic mass is 10.1. The van der Waals surface area contributed by atoms with Gasteiger partial charge < -0.3 is 10.2 Å². The van der Waals surface area contributed by atoms with Gasteiger partial charge in [-0.2, -0.15) is 0 Å². The molecule has 0 saturated carbocycles. The van der Waals surface area contributed by atoms with Crippen LogP contribution in [0.2, 0.25) is 5.02 Å². The van der Waals surface area contributed by atoms with Crippen molar-refractivity contribution < 1.29 is 4.79 Å². The highest BCUT2D eigenvalue weighted by atomic mass is 35.5. The average molecular weight is 307 g/mol. The van der Waals surface area contributed by atoms with Crippen molar-refractivity contribution in [2.45, 2.75) is 13.0 Å². The van der Waals surface area contributed by atoms with E-state index in [2.05, 4.69) is 16.8 Å². The third-order valence-electron chi connectivity index (χ3n) is 3.45. The van der Waals surface area contributed by atoms with E-state index < -0.39 is 0 Å². The predicted octanol–water partition coefficient (Wildman–Crippen LogP) is 3.40. The maximum Gasteiger partial charge on any atom is 0.242 e. The molecule has 0 radical (unpaired) electrons. The number of halogens is 1. The minimum atomic E-state index is 0.136. The SMILES string of the molecule is O=C(CNc1ccc(Cl)cc1)N1CCc2sccc2C1. The summed E-state index contributed by atoms with van der Waals surface area (Å²) in [6.07, 6.45) is 0.972. The van der Waals surface area contributed by atoms with Gasteiger partial charge in [0, 0.05) is 28.7 Å². The number of nitrogens with zero attached hydrogens (tertiary/aromatic N) is 1. The van der Waals surface area contributed by atoms with Crippen LogP contribution >= 0.6 is 22.9 Å². The zero-order valence-corrected chi connectivity index (χ0v) is 12.5. The molecule has 0 atom stereocenters. The van der Waals surface area contributed by atoms with Gasteiger partial charge in [-0.15, -0.1) is 11.3 Å². The van der Waals surface area contributed by atoms with E-state index in [-0.39, 0.29) is 5.91 Å². The number of nitrogens with one attached hydrogen (secondary N) is 1. The van der Waals surface area contributed by atoms with Gasteiger partial charge in [0.05, 0.1) is 6.54 Å². The Morgan fingerprint density at radius 1 is 1.30 bits per heavy atom. The van der Waals surface area contributed by atoms with Crippen LogP contribution < -0.4 is 5.32 Å². The molecular weight excluding hydrogens is 292 g/mol. The number of fused-ring (bicyclic) bond motifs is 1. The van der Waals surface area contributed by atoms with Gasteiger partial charge in [-0.3, -0.25) is 4.79 Å². The lowest BCUT2D eigenvalue weighted by molar-refractivity contribution is -0.130. The van der Waals surface area contributed by atoms with Crippen LogP contribution in [0.5, 0.6) is 0 Å². The number of amides is 1. The molecule has 3 nitrogen and oxygen atoms in total. The van der Waals surface area contributed by atoms with Crippen molar-refractivity contribution in [3.05, 3.63) is 51.2 Å². The highest BCUT2D eigenvalue weighted by Gasteiger charge is 2.20. The average Bonchev–Trinajstić information content (AvgIpc) is 2.93. The summed E-state index contributed by atoms with van der Waals surface area (Å²) in [5.41, 5.74) is 2.21. The number of benzene rings is 1. The van der Waals surface area contributed by atoms with Crippen LogP contribution in [-0.2, 0) is 17.8 Å². The molecule has 1 aromatic carbocycles. The van der Waals surface area contributed by atoms with Gasteiger partial charge in [0.2, 0.25) is 5.91 Å². The van der Waals surface area contributed by atoms with Crippen LogP contribution in [0.25, 0.3) is 0 Å². The molecule has 0 unspecified atom stereocenters. The van der Waals surface area contributed by atoms with E-state index in [1.807, 2.05) is 29.2 Å². The number of rotatable bonds is 3. The first-order valence-electron chi connectivity index (χ1n) is 6.55. The molecule has 2 aromatic rings. The summed E-state index contributed by atoms with van der Waals surface area (Å²) in [4.78, 5) is 15.5. The maximum atomic E-state index is 12.2. The molecule has 1 aliphatic rings.